The van der Waals surface area contributed by atoms with Crippen LogP contribution in [0.25, 0.3) is 11.2 Å². The highest BCUT2D eigenvalue weighted by Gasteiger charge is 2.32. The average molecular weight is 643 g/mol. The Kier molecular flexibility index (Phi) is 11.6. The molecule has 2 aromatic heterocycles. The van der Waals surface area contributed by atoms with Gasteiger partial charge in [0, 0.05) is 10.6 Å². The van der Waals surface area contributed by atoms with Crippen LogP contribution in [-0.2, 0) is 14.3 Å². The highest BCUT2D eigenvalue weighted by molar-refractivity contribution is 8.00. The lowest BCUT2D eigenvalue weighted by atomic mass is 10.0. The molecule has 12 heteroatoms. The number of thioether (sulfide) groups is 1. The third kappa shape index (κ3) is 8.34. The van der Waals surface area contributed by atoms with Gasteiger partial charge >= 0.3 is 5.97 Å². The van der Waals surface area contributed by atoms with E-state index in [2.05, 4.69) is 34.1 Å². The first-order chi connectivity index (χ1) is 20.7. The van der Waals surface area contributed by atoms with Crippen molar-refractivity contribution in [1.82, 2.24) is 19.5 Å². The molecule has 1 N–H and O–H groups in total. The van der Waals surface area contributed by atoms with Crippen molar-refractivity contribution < 1.29 is 19.1 Å². The molecule has 0 aliphatic rings. The number of hydrogen-bond donors (Lipinski definition) is 1. The summed E-state index contributed by atoms with van der Waals surface area (Å²) in [4.78, 5) is 53.1. The number of ether oxygens (including phenoxy) is 1. The van der Waals surface area contributed by atoms with Gasteiger partial charge in [0.2, 0.25) is 0 Å². The molecule has 4 aromatic rings. The zero-order chi connectivity index (χ0) is 30.9. The number of nitrogens with zero attached hydrogens (tertiary/aromatic N) is 4. The van der Waals surface area contributed by atoms with E-state index in [0.717, 1.165) is 43.0 Å². The van der Waals surface area contributed by atoms with Crippen molar-refractivity contribution in [3.8, 4) is 0 Å². The fourth-order valence-corrected chi connectivity index (χ4v) is 5.64. The van der Waals surface area contributed by atoms with Crippen molar-refractivity contribution in [2.24, 2.45) is 5.92 Å². The van der Waals surface area contributed by atoms with Crippen LogP contribution in [-0.4, -0.2) is 49.5 Å². The molecule has 4 rings (SSSR count). The van der Waals surface area contributed by atoms with Crippen molar-refractivity contribution in [3.63, 3.8) is 0 Å². The van der Waals surface area contributed by atoms with Gasteiger partial charge in [0.25, 0.3) is 5.91 Å². The number of rotatable bonds is 14. The number of halogens is 2. The zero-order valence-corrected chi connectivity index (χ0v) is 26.5. The van der Waals surface area contributed by atoms with Crippen LogP contribution in [0.3, 0.4) is 0 Å². The molecule has 0 aliphatic heterocycles. The van der Waals surface area contributed by atoms with Crippen molar-refractivity contribution in [2.45, 2.75) is 57.5 Å². The first kappa shape index (κ1) is 32.4. The summed E-state index contributed by atoms with van der Waals surface area (Å²) in [5.74, 6) is -1.08. The quantitative estimate of drug-likeness (QED) is 0.0499. The number of unbranched alkanes of at least 4 members (excludes halogenated alkanes) is 1. The lowest BCUT2D eigenvalue weighted by Crippen LogP contribution is -2.32. The smallest absolute Gasteiger partial charge is 0.316 e. The molecule has 226 valence electrons. The number of aryl methyl sites for hydroxylation is 1. The van der Waals surface area contributed by atoms with Crippen molar-refractivity contribution in [3.05, 3.63) is 76.3 Å². The average Bonchev–Trinajstić information content (AvgIpc) is 3.42. The Bertz CT molecular complexity index is 1600. The van der Waals surface area contributed by atoms with E-state index in [-0.39, 0.29) is 22.4 Å². The molecule has 2 atom stereocenters. The van der Waals surface area contributed by atoms with E-state index in [4.69, 9.17) is 27.9 Å². The van der Waals surface area contributed by atoms with Crippen LogP contribution < -0.4 is 5.32 Å². The van der Waals surface area contributed by atoms with Crippen molar-refractivity contribution in [2.75, 3.05) is 17.7 Å². The number of Topliss-reactive ketones (excluding diaryl/α,β-unsaturated/α-hetero) is 1. The minimum atomic E-state index is -1.37. The molecule has 9 nitrogen and oxygen atoms in total. The Balaban J connectivity index is 1.59. The number of esters is 1. The van der Waals surface area contributed by atoms with E-state index in [0.29, 0.717) is 39.3 Å². The summed E-state index contributed by atoms with van der Waals surface area (Å²) in [6.45, 7) is 6.53. The standard InChI is InChI=1S/C31H33Cl2N5O4S/c1-4-6-7-20(5-2)15-42-25(39)16-43-31-26-29(34-17-35-31)38(18-36-26)27(28(40)21-10-8-19(3)9-11-21)30(41)37-24-13-12-22(32)14-23(24)33/h8-14,17-18,20,27H,4-7,15-16H2,1-3H3,(H,37,41). The van der Waals surface area contributed by atoms with Gasteiger partial charge in [0.1, 0.15) is 16.9 Å². The summed E-state index contributed by atoms with van der Waals surface area (Å²) in [6.07, 6.45) is 6.87. The van der Waals surface area contributed by atoms with Crippen LogP contribution in [0.1, 0.15) is 61.5 Å². The second kappa shape index (κ2) is 15.3. The number of carbonyl (C=O) groups is 3. The molecule has 0 saturated heterocycles. The van der Waals surface area contributed by atoms with Gasteiger partial charge in [0.05, 0.1) is 29.4 Å². The number of ketones is 1. The monoisotopic (exact) mass is 641 g/mol. The Hall–Kier alpha value is -3.47. The maximum absolute atomic E-state index is 13.8. The van der Waals surface area contributed by atoms with Crippen LogP contribution in [0.4, 0.5) is 5.69 Å². The van der Waals surface area contributed by atoms with Gasteiger partial charge < -0.3 is 10.1 Å². The Morgan fingerprint density at radius 1 is 1.05 bits per heavy atom. The summed E-state index contributed by atoms with van der Waals surface area (Å²) in [5, 5.41) is 3.80. The van der Waals surface area contributed by atoms with Crippen molar-refractivity contribution >= 4 is 69.5 Å². The Morgan fingerprint density at radius 3 is 2.51 bits per heavy atom. The maximum atomic E-state index is 13.8. The van der Waals surface area contributed by atoms with E-state index >= 15 is 0 Å². The molecule has 0 saturated carbocycles. The van der Waals surface area contributed by atoms with E-state index < -0.39 is 17.7 Å². The molecule has 0 fully saturated rings. The van der Waals surface area contributed by atoms with Gasteiger partial charge in [-0.3, -0.25) is 19.0 Å². The predicted molar refractivity (Wildman–Crippen MR) is 170 cm³/mol. The predicted octanol–water partition coefficient (Wildman–Crippen LogP) is 7.36. The topological polar surface area (TPSA) is 116 Å². The van der Waals surface area contributed by atoms with E-state index in [1.165, 1.54) is 23.3 Å². The minimum absolute atomic E-state index is 0.0322. The number of anilines is 1. The van der Waals surface area contributed by atoms with E-state index in [1.54, 1.807) is 36.4 Å². The summed E-state index contributed by atoms with van der Waals surface area (Å²) < 4.78 is 6.92. The molecule has 43 heavy (non-hydrogen) atoms. The van der Waals surface area contributed by atoms with Crippen LogP contribution in [0.5, 0.6) is 0 Å². The molecule has 0 aliphatic carbocycles. The van der Waals surface area contributed by atoms with Crippen molar-refractivity contribution in [1.29, 1.82) is 0 Å². The number of carbonyl (C=O) groups excluding carboxylic acids is 3. The number of fused-ring (bicyclic) bond motifs is 1. The summed E-state index contributed by atoms with van der Waals surface area (Å²) >= 11 is 13.5. The molecule has 2 heterocycles. The van der Waals surface area contributed by atoms with Gasteiger partial charge in [-0.1, -0.05) is 97.9 Å². The molecule has 2 aromatic carbocycles. The Labute approximate surface area is 264 Å². The number of benzene rings is 2. The molecular weight excluding hydrogens is 609 g/mol. The minimum Gasteiger partial charge on any atom is -0.465 e. The number of aromatic nitrogens is 4. The maximum Gasteiger partial charge on any atom is 0.316 e. The summed E-state index contributed by atoms with van der Waals surface area (Å²) in [6, 6.07) is 10.2. The van der Waals surface area contributed by atoms with Crippen LogP contribution >= 0.6 is 35.0 Å². The van der Waals surface area contributed by atoms with Gasteiger partial charge in [-0.05, 0) is 37.5 Å². The highest BCUT2D eigenvalue weighted by Crippen LogP contribution is 2.30. The number of amides is 1. The zero-order valence-electron chi connectivity index (χ0n) is 24.2. The van der Waals surface area contributed by atoms with E-state index in [9.17, 15) is 14.4 Å². The SMILES string of the molecule is CCCCC(CC)COC(=O)CSc1ncnc2c1ncn2C(C(=O)Nc1ccc(Cl)cc1Cl)C(=O)c1ccc(C)cc1. The fourth-order valence-electron chi connectivity index (χ4n) is 4.44. The molecule has 1 amide bonds. The second-order valence-electron chi connectivity index (χ2n) is 10.1. The Morgan fingerprint density at radius 2 is 1.81 bits per heavy atom. The van der Waals surface area contributed by atoms with Crippen LogP contribution in [0.2, 0.25) is 10.0 Å². The molecule has 0 spiro atoms. The molecular formula is C31H33Cl2N5O4S. The van der Waals surface area contributed by atoms with E-state index in [1.807, 2.05) is 6.92 Å². The molecule has 2 unspecified atom stereocenters. The molecule has 0 radical (unpaired) electrons. The van der Waals surface area contributed by atoms with Gasteiger partial charge in [-0.2, -0.15) is 0 Å². The summed E-state index contributed by atoms with van der Waals surface area (Å²) in [5.41, 5.74) is 2.22. The fraction of sp³-hybridized carbons (Fsp3) is 0.355. The number of hydrogen-bond acceptors (Lipinski definition) is 8. The third-order valence-electron chi connectivity index (χ3n) is 6.98. The number of imidazole rings is 1. The lowest BCUT2D eigenvalue weighted by molar-refractivity contribution is -0.141. The van der Waals surface area contributed by atoms with Gasteiger partial charge in [0.15, 0.2) is 17.5 Å². The highest BCUT2D eigenvalue weighted by atomic mass is 35.5. The lowest BCUT2D eigenvalue weighted by Gasteiger charge is -2.18. The first-order valence-electron chi connectivity index (χ1n) is 14.0. The largest absolute Gasteiger partial charge is 0.465 e. The van der Waals surface area contributed by atoms with Crippen LogP contribution in [0.15, 0.2) is 60.1 Å². The first-order valence-corrected chi connectivity index (χ1v) is 15.8. The third-order valence-corrected chi connectivity index (χ3v) is 8.48. The van der Waals surface area contributed by atoms with Crippen LogP contribution in [0, 0.1) is 12.8 Å². The number of nitrogens with one attached hydrogen (secondary N) is 1. The summed E-state index contributed by atoms with van der Waals surface area (Å²) in [7, 11) is 0. The van der Waals surface area contributed by atoms with Gasteiger partial charge in [-0.15, -0.1) is 0 Å². The normalized spacial score (nSPS) is 12.6. The van der Waals surface area contributed by atoms with Gasteiger partial charge in [-0.25, -0.2) is 15.0 Å². The molecule has 0 bridgehead atoms. The second-order valence-corrected chi connectivity index (χ2v) is 11.9.